The fourth-order valence-electron chi connectivity index (χ4n) is 4.41. The fraction of sp³-hybridized carbons (Fsp3) is 0.286. The third-order valence-electron chi connectivity index (χ3n) is 6.16. The van der Waals surface area contributed by atoms with Gasteiger partial charge in [-0.25, -0.2) is 9.78 Å². The summed E-state index contributed by atoms with van der Waals surface area (Å²) >= 11 is 0. The van der Waals surface area contributed by atoms with Gasteiger partial charge in [-0.2, -0.15) is 0 Å². The summed E-state index contributed by atoms with van der Waals surface area (Å²) in [6, 6.07) is 16.8. The van der Waals surface area contributed by atoms with Crippen LogP contribution in [0.1, 0.15) is 48.5 Å². The smallest absolute Gasteiger partial charge is 0.337 e. The van der Waals surface area contributed by atoms with Crippen LogP contribution in [0.4, 0.5) is 5.69 Å². The topological polar surface area (TPSA) is 127 Å². The van der Waals surface area contributed by atoms with Crippen molar-refractivity contribution in [2.45, 2.75) is 44.6 Å². The van der Waals surface area contributed by atoms with E-state index in [4.69, 9.17) is 9.47 Å². The maximum atomic E-state index is 12.4. The number of amides is 2. The van der Waals surface area contributed by atoms with Crippen molar-refractivity contribution in [3.8, 4) is 17.4 Å². The zero-order valence-electron chi connectivity index (χ0n) is 20.5. The molecule has 0 radical (unpaired) electrons. The molecule has 1 saturated carbocycles. The molecule has 1 aliphatic rings. The van der Waals surface area contributed by atoms with Crippen molar-refractivity contribution in [3.63, 3.8) is 0 Å². The fourth-order valence-corrected chi connectivity index (χ4v) is 4.41. The minimum Gasteiger partial charge on any atom is -0.491 e. The van der Waals surface area contributed by atoms with Crippen LogP contribution >= 0.6 is 0 Å². The molecule has 2 aromatic carbocycles. The van der Waals surface area contributed by atoms with Gasteiger partial charge in [-0.1, -0.05) is 31.0 Å². The molecule has 0 atom stereocenters. The number of hydrogen-bond donors (Lipinski definition) is 3. The monoisotopic (exact) mass is 503 g/mol. The Bertz CT molecular complexity index is 1250. The summed E-state index contributed by atoms with van der Waals surface area (Å²) in [5.41, 5.74) is 0.624. The highest BCUT2D eigenvalue weighted by molar-refractivity contribution is 6.00. The number of para-hydroxylation sites is 1. The average Bonchev–Trinajstić information content (AvgIpc) is 3.33. The van der Waals surface area contributed by atoms with Crippen LogP contribution in [0.5, 0.6) is 17.4 Å². The first-order valence-corrected chi connectivity index (χ1v) is 12.1. The SMILES string of the molecule is CC(=O)NC1(COc2ccc(Oc3ccc(CC(=O)Nc4ccccc4C(=O)O)cn3)cc2)CCCC1. The summed E-state index contributed by atoms with van der Waals surface area (Å²) in [5.74, 6) is 0.122. The molecule has 2 amide bonds. The molecule has 1 aromatic heterocycles. The highest BCUT2D eigenvalue weighted by Crippen LogP contribution is 2.31. The summed E-state index contributed by atoms with van der Waals surface area (Å²) in [5, 5.41) is 14.9. The predicted molar refractivity (Wildman–Crippen MR) is 137 cm³/mol. The van der Waals surface area contributed by atoms with E-state index in [2.05, 4.69) is 15.6 Å². The number of nitrogens with zero attached hydrogens (tertiary/aromatic N) is 1. The lowest BCUT2D eigenvalue weighted by Crippen LogP contribution is -2.49. The Kier molecular flexibility index (Phi) is 8.02. The van der Waals surface area contributed by atoms with E-state index in [0.29, 0.717) is 29.5 Å². The van der Waals surface area contributed by atoms with Gasteiger partial charge in [0.15, 0.2) is 0 Å². The first-order chi connectivity index (χ1) is 17.8. The number of anilines is 1. The summed E-state index contributed by atoms with van der Waals surface area (Å²) < 4.78 is 11.8. The molecule has 3 N–H and O–H groups in total. The molecule has 0 bridgehead atoms. The summed E-state index contributed by atoms with van der Waals surface area (Å²) in [7, 11) is 0. The van der Waals surface area contributed by atoms with Crippen molar-refractivity contribution < 1.29 is 29.0 Å². The molecule has 1 heterocycles. The maximum Gasteiger partial charge on any atom is 0.337 e. The number of aromatic carboxylic acids is 1. The number of hydrogen-bond acceptors (Lipinski definition) is 6. The number of rotatable bonds is 10. The zero-order chi connectivity index (χ0) is 26.3. The van der Waals surface area contributed by atoms with E-state index in [0.717, 1.165) is 25.7 Å². The number of carboxylic acid groups (broad SMARTS) is 1. The summed E-state index contributed by atoms with van der Waals surface area (Å²) in [6.07, 6.45) is 5.54. The molecule has 1 fully saturated rings. The lowest BCUT2D eigenvalue weighted by molar-refractivity contribution is -0.121. The molecular formula is C28H29N3O6. The van der Waals surface area contributed by atoms with E-state index in [1.807, 2.05) is 0 Å². The van der Waals surface area contributed by atoms with Gasteiger partial charge in [0.2, 0.25) is 17.7 Å². The molecule has 0 spiro atoms. The molecule has 9 nitrogen and oxygen atoms in total. The third-order valence-corrected chi connectivity index (χ3v) is 6.16. The van der Waals surface area contributed by atoms with E-state index in [-0.39, 0.29) is 35.0 Å². The number of carboxylic acids is 1. The summed E-state index contributed by atoms with van der Waals surface area (Å²) in [6.45, 7) is 1.95. The first-order valence-electron chi connectivity index (χ1n) is 12.1. The minimum absolute atomic E-state index is 0.0277. The van der Waals surface area contributed by atoms with Crippen LogP contribution in [0, 0.1) is 0 Å². The maximum absolute atomic E-state index is 12.4. The van der Waals surface area contributed by atoms with Crippen LogP contribution in [0.25, 0.3) is 0 Å². The van der Waals surface area contributed by atoms with Crippen molar-refractivity contribution in [2.24, 2.45) is 0 Å². The Hall–Kier alpha value is -4.40. The molecule has 37 heavy (non-hydrogen) atoms. The van der Waals surface area contributed by atoms with E-state index in [9.17, 15) is 19.5 Å². The van der Waals surface area contributed by atoms with Crippen molar-refractivity contribution in [2.75, 3.05) is 11.9 Å². The first kappa shape index (κ1) is 25.7. The molecule has 3 aromatic rings. The number of carbonyl (C=O) groups is 3. The zero-order valence-corrected chi connectivity index (χ0v) is 20.5. The van der Waals surface area contributed by atoms with E-state index < -0.39 is 5.97 Å². The Morgan fingerprint density at radius 2 is 1.68 bits per heavy atom. The van der Waals surface area contributed by atoms with Crippen molar-refractivity contribution in [1.82, 2.24) is 10.3 Å². The van der Waals surface area contributed by atoms with Gasteiger partial charge < -0.3 is 25.2 Å². The van der Waals surface area contributed by atoms with Crippen LogP contribution in [-0.4, -0.2) is 40.0 Å². The van der Waals surface area contributed by atoms with Gasteiger partial charge in [-0.15, -0.1) is 0 Å². The van der Waals surface area contributed by atoms with Crippen LogP contribution in [0.2, 0.25) is 0 Å². The second kappa shape index (κ2) is 11.6. The average molecular weight is 504 g/mol. The van der Waals surface area contributed by atoms with Crippen LogP contribution in [0.3, 0.4) is 0 Å². The lowest BCUT2D eigenvalue weighted by atomic mass is 9.99. The van der Waals surface area contributed by atoms with Crippen LogP contribution in [0.15, 0.2) is 66.9 Å². The molecule has 0 unspecified atom stereocenters. The van der Waals surface area contributed by atoms with Gasteiger partial charge in [0.1, 0.15) is 18.1 Å². The predicted octanol–water partition coefficient (Wildman–Crippen LogP) is 4.58. The molecular weight excluding hydrogens is 474 g/mol. The number of benzene rings is 2. The molecule has 0 aliphatic heterocycles. The van der Waals surface area contributed by atoms with Gasteiger partial charge in [0.25, 0.3) is 0 Å². The Labute approximate surface area is 214 Å². The van der Waals surface area contributed by atoms with Crippen molar-refractivity contribution in [1.29, 1.82) is 0 Å². The molecule has 1 aliphatic carbocycles. The largest absolute Gasteiger partial charge is 0.491 e. The van der Waals surface area contributed by atoms with Gasteiger partial charge in [0, 0.05) is 19.2 Å². The Morgan fingerprint density at radius 1 is 0.973 bits per heavy atom. The molecule has 9 heteroatoms. The quantitative estimate of drug-likeness (QED) is 0.370. The van der Waals surface area contributed by atoms with Gasteiger partial charge in [0.05, 0.1) is 23.2 Å². The van der Waals surface area contributed by atoms with E-state index >= 15 is 0 Å². The van der Waals surface area contributed by atoms with E-state index in [1.54, 1.807) is 60.8 Å². The van der Waals surface area contributed by atoms with Crippen LogP contribution in [-0.2, 0) is 16.0 Å². The molecule has 0 saturated heterocycles. The minimum atomic E-state index is -1.11. The lowest BCUT2D eigenvalue weighted by Gasteiger charge is -2.29. The molecule has 192 valence electrons. The Balaban J connectivity index is 1.29. The highest BCUT2D eigenvalue weighted by atomic mass is 16.5. The number of nitrogens with one attached hydrogen (secondary N) is 2. The second-order valence-corrected chi connectivity index (χ2v) is 9.11. The Morgan fingerprint density at radius 3 is 2.32 bits per heavy atom. The number of carbonyl (C=O) groups excluding carboxylic acids is 2. The van der Waals surface area contributed by atoms with Gasteiger partial charge >= 0.3 is 5.97 Å². The third kappa shape index (κ3) is 7.07. The van der Waals surface area contributed by atoms with Crippen molar-refractivity contribution >= 4 is 23.5 Å². The number of aromatic nitrogens is 1. The normalized spacial score (nSPS) is 14.0. The second-order valence-electron chi connectivity index (χ2n) is 9.11. The standard InChI is InChI=1S/C28H29N3O6/c1-19(32)31-28(14-4-5-15-28)18-36-21-9-11-22(12-10-21)37-26-13-8-20(17-29-26)16-25(33)30-24-7-3-2-6-23(24)27(34)35/h2-3,6-13,17H,4-5,14-16,18H2,1H3,(H,30,33)(H,31,32)(H,34,35). The number of pyridine rings is 1. The molecule has 4 rings (SSSR count). The summed E-state index contributed by atoms with van der Waals surface area (Å²) in [4.78, 5) is 39.5. The van der Waals surface area contributed by atoms with Gasteiger partial charge in [-0.3, -0.25) is 9.59 Å². The van der Waals surface area contributed by atoms with E-state index in [1.165, 1.54) is 13.0 Å². The van der Waals surface area contributed by atoms with Crippen molar-refractivity contribution in [3.05, 3.63) is 78.0 Å². The van der Waals surface area contributed by atoms with Crippen LogP contribution < -0.4 is 20.1 Å². The highest BCUT2D eigenvalue weighted by Gasteiger charge is 2.35. The van der Waals surface area contributed by atoms with Gasteiger partial charge in [-0.05, 0) is 54.8 Å². The number of ether oxygens (including phenoxy) is 2.